The van der Waals surface area contributed by atoms with Gasteiger partial charge in [0.15, 0.2) is 9.84 Å². The first-order valence-electron chi connectivity index (χ1n) is 6.37. The molecule has 0 saturated carbocycles. The molecule has 0 radical (unpaired) electrons. The average molecular weight is 276 g/mol. The molecule has 2 fully saturated rings. The standard InChI is InChI=1S/C11H20N2O4S/c14-10-1-4-13(5-2-10)11(15)12-7-9-3-6-18(16,17)8-9/h9-10,14H,1-8H2,(H,12,15)/t9-/m1/s1. The maximum absolute atomic E-state index is 11.8. The highest BCUT2D eigenvalue weighted by molar-refractivity contribution is 7.91. The number of aliphatic hydroxyl groups excluding tert-OH is 1. The number of hydrogen-bond acceptors (Lipinski definition) is 4. The lowest BCUT2D eigenvalue weighted by Crippen LogP contribution is -2.46. The summed E-state index contributed by atoms with van der Waals surface area (Å²) in [5.74, 6) is 0.476. The van der Waals surface area contributed by atoms with E-state index in [-0.39, 0.29) is 29.6 Å². The molecule has 0 aromatic rings. The van der Waals surface area contributed by atoms with Crippen LogP contribution in [0.5, 0.6) is 0 Å². The van der Waals surface area contributed by atoms with Crippen LogP contribution >= 0.6 is 0 Å². The van der Waals surface area contributed by atoms with E-state index in [1.54, 1.807) is 4.90 Å². The number of hydrogen-bond donors (Lipinski definition) is 2. The van der Waals surface area contributed by atoms with Crippen LogP contribution in [0.3, 0.4) is 0 Å². The van der Waals surface area contributed by atoms with E-state index in [0.717, 1.165) is 0 Å². The third kappa shape index (κ3) is 3.58. The van der Waals surface area contributed by atoms with Crippen molar-refractivity contribution >= 4 is 15.9 Å². The molecule has 6 nitrogen and oxygen atoms in total. The minimum absolute atomic E-state index is 0.0503. The smallest absolute Gasteiger partial charge is 0.317 e. The summed E-state index contributed by atoms with van der Waals surface area (Å²) in [5, 5.41) is 12.1. The van der Waals surface area contributed by atoms with Crippen LogP contribution in [0, 0.1) is 5.92 Å². The van der Waals surface area contributed by atoms with Gasteiger partial charge in [0.25, 0.3) is 0 Å². The molecule has 2 heterocycles. The quantitative estimate of drug-likeness (QED) is 0.717. The number of aliphatic hydroxyl groups is 1. The first kappa shape index (κ1) is 13.6. The third-order valence-corrected chi connectivity index (χ3v) is 5.46. The maximum atomic E-state index is 11.8. The zero-order valence-corrected chi connectivity index (χ0v) is 11.2. The van der Waals surface area contributed by atoms with Crippen LogP contribution in [0.2, 0.25) is 0 Å². The Bertz CT molecular complexity index is 401. The van der Waals surface area contributed by atoms with Gasteiger partial charge in [-0.25, -0.2) is 13.2 Å². The molecule has 2 amide bonds. The predicted molar refractivity (Wildman–Crippen MR) is 67.0 cm³/mol. The molecule has 0 spiro atoms. The van der Waals surface area contributed by atoms with Gasteiger partial charge in [-0.1, -0.05) is 0 Å². The monoisotopic (exact) mass is 276 g/mol. The molecule has 0 unspecified atom stereocenters. The number of likely N-dealkylation sites (tertiary alicyclic amines) is 1. The van der Waals surface area contributed by atoms with Gasteiger partial charge in [-0.3, -0.25) is 0 Å². The fraction of sp³-hybridized carbons (Fsp3) is 0.909. The van der Waals surface area contributed by atoms with Gasteiger partial charge in [-0.2, -0.15) is 0 Å². The molecule has 2 N–H and O–H groups in total. The highest BCUT2D eigenvalue weighted by atomic mass is 32.2. The molecular formula is C11H20N2O4S. The first-order valence-corrected chi connectivity index (χ1v) is 8.20. The van der Waals surface area contributed by atoms with E-state index in [9.17, 15) is 18.3 Å². The van der Waals surface area contributed by atoms with E-state index in [1.807, 2.05) is 0 Å². The number of nitrogens with zero attached hydrogens (tertiary/aromatic N) is 1. The van der Waals surface area contributed by atoms with E-state index < -0.39 is 9.84 Å². The molecule has 2 rings (SSSR count). The van der Waals surface area contributed by atoms with Crippen molar-refractivity contribution in [2.24, 2.45) is 5.92 Å². The summed E-state index contributed by atoms with van der Waals surface area (Å²) < 4.78 is 22.5. The molecule has 2 aliphatic heterocycles. The summed E-state index contributed by atoms with van der Waals surface area (Å²) in [6.07, 6.45) is 1.58. The van der Waals surface area contributed by atoms with E-state index in [1.165, 1.54) is 0 Å². The number of sulfone groups is 1. The predicted octanol–water partition coefficient (Wildman–Crippen LogP) is -0.413. The van der Waals surface area contributed by atoms with Crippen molar-refractivity contribution in [2.75, 3.05) is 31.1 Å². The second-order valence-electron chi connectivity index (χ2n) is 5.17. The largest absolute Gasteiger partial charge is 0.393 e. The Labute approximate surface area is 107 Å². The van der Waals surface area contributed by atoms with Gasteiger partial charge in [-0.05, 0) is 25.2 Å². The zero-order chi connectivity index (χ0) is 13.2. The summed E-state index contributed by atoms with van der Waals surface area (Å²) in [6.45, 7) is 1.56. The van der Waals surface area contributed by atoms with Gasteiger partial charge >= 0.3 is 6.03 Å². The maximum Gasteiger partial charge on any atom is 0.317 e. The number of urea groups is 1. The molecule has 0 bridgehead atoms. The molecule has 7 heteroatoms. The SMILES string of the molecule is O=C(NC[C@H]1CCS(=O)(=O)C1)N1CCC(O)CC1. The minimum atomic E-state index is -2.87. The number of carbonyl (C=O) groups is 1. The second-order valence-corrected chi connectivity index (χ2v) is 7.40. The normalized spacial score (nSPS) is 28.3. The van der Waals surface area contributed by atoms with Gasteiger partial charge in [0, 0.05) is 19.6 Å². The lowest BCUT2D eigenvalue weighted by atomic mass is 10.1. The van der Waals surface area contributed by atoms with Crippen molar-refractivity contribution < 1.29 is 18.3 Å². The molecule has 2 saturated heterocycles. The number of amides is 2. The van der Waals surface area contributed by atoms with Crippen molar-refractivity contribution in [2.45, 2.75) is 25.4 Å². The van der Waals surface area contributed by atoms with Crippen molar-refractivity contribution in [3.63, 3.8) is 0 Å². The van der Waals surface area contributed by atoms with Gasteiger partial charge in [0.2, 0.25) is 0 Å². The van der Waals surface area contributed by atoms with E-state index >= 15 is 0 Å². The summed E-state index contributed by atoms with van der Waals surface area (Å²) in [4.78, 5) is 13.5. The highest BCUT2D eigenvalue weighted by Gasteiger charge is 2.28. The minimum Gasteiger partial charge on any atom is -0.393 e. The third-order valence-electron chi connectivity index (χ3n) is 3.62. The number of nitrogens with one attached hydrogen (secondary N) is 1. The number of piperidine rings is 1. The Morgan fingerprint density at radius 3 is 2.50 bits per heavy atom. The summed E-state index contributed by atoms with van der Waals surface area (Å²) >= 11 is 0. The van der Waals surface area contributed by atoms with Crippen molar-refractivity contribution in [1.82, 2.24) is 10.2 Å². The molecule has 2 aliphatic rings. The molecule has 18 heavy (non-hydrogen) atoms. The Kier molecular flexibility index (Phi) is 4.11. The van der Waals surface area contributed by atoms with Crippen LogP contribution in [0.4, 0.5) is 4.79 Å². The summed E-state index contributed by atoms with van der Waals surface area (Å²) in [6, 6.07) is -0.147. The van der Waals surface area contributed by atoms with Crippen molar-refractivity contribution in [3.05, 3.63) is 0 Å². The molecule has 104 valence electrons. The van der Waals surface area contributed by atoms with Crippen LogP contribution in [-0.2, 0) is 9.84 Å². The summed E-state index contributed by atoms with van der Waals surface area (Å²) in [7, 11) is -2.87. The fourth-order valence-corrected chi connectivity index (χ4v) is 4.31. The lowest BCUT2D eigenvalue weighted by molar-refractivity contribution is 0.0934. The van der Waals surface area contributed by atoms with Crippen molar-refractivity contribution in [3.8, 4) is 0 Å². The number of rotatable bonds is 2. The molecular weight excluding hydrogens is 256 g/mol. The summed E-state index contributed by atoms with van der Waals surface area (Å²) in [5.41, 5.74) is 0. The highest BCUT2D eigenvalue weighted by Crippen LogP contribution is 2.17. The Hall–Kier alpha value is -0.820. The Morgan fingerprint density at radius 2 is 1.94 bits per heavy atom. The molecule has 0 aromatic heterocycles. The van der Waals surface area contributed by atoms with E-state index in [2.05, 4.69) is 5.32 Å². The van der Waals surface area contributed by atoms with Crippen LogP contribution in [-0.4, -0.2) is 61.7 Å². The Morgan fingerprint density at radius 1 is 1.28 bits per heavy atom. The van der Waals surface area contributed by atoms with Crippen LogP contribution in [0.15, 0.2) is 0 Å². The zero-order valence-electron chi connectivity index (χ0n) is 10.3. The van der Waals surface area contributed by atoms with Gasteiger partial charge in [0.1, 0.15) is 0 Å². The fourth-order valence-electron chi connectivity index (χ4n) is 2.45. The second kappa shape index (κ2) is 5.44. The lowest BCUT2D eigenvalue weighted by Gasteiger charge is -2.30. The topological polar surface area (TPSA) is 86.7 Å². The molecule has 0 aromatic carbocycles. The van der Waals surface area contributed by atoms with Crippen molar-refractivity contribution in [1.29, 1.82) is 0 Å². The average Bonchev–Trinajstić information content (AvgIpc) is 2.67. The van der Waals surface area contributed by atoms with Crippen LogP contribution < -0.4 is 5.32 Å². The van der Waals surface area contributed by atoms with Gasteiger partial charge in [-0.15, -0.1) is 0 Å². The van der Waals surface area contributed by atoms with E-state index in [4.69, 9.17) is 0 Å². The van der Waals surface area contributed by atoms with Gasteiger partial charge in [0.05, 0.1) is 17.6 Å². The van der Waals surface area contributed by atoms with Gasteiger partial charge < -0.3 is 15.3 Å². The first-order chi connectivity index (χ1) is 8.46. The van der Waals surface area contributed by atoms with E-state index in [0.29, 0.717) is 38.9 Å². The van der Waals surface area contributed by atoms with Crippen LogP contribution in [0.1, 0.15) is 19.3 Å². The number of carbonyl (C=O) groups excluding carboxylic acids is 1. The molecule has 1 atom stereocenters. The Balaban J connectivity index is 1.72. The molecule has 0 aliphatic carbocycles. The van der Waals surface area contributed by atoms with Crippen LogP contribution in [0.25, 0.3) is 0 Å².